The van der Waals surface area contributed by atoms with E-state index in [1.54, 1.807) is 54.8 Å². The van der Waals surface area contributed by atoms with Gasteiger partial charge in [-0.3, -0.25) is 4.79 Å². The van der Waals surface area contributed by atoms with Crippen LogP contribution in [0.2, 0.25) is 13.0 Å². The van der Waals surface area contributed by atoms with Crippen LogP contribution < -0.4 is 36.3 Å². The predicted octanol–water partition coefficient (Wildman–Crippen LogP) is 10.1. The number of carbonyl (C=O) groups is 5. The zero-order valence-corrected chi connectivity index (χ0v) is 46.2. The molecule has 0 aliphatic heterocycles. The highest BCUT2D eigenvalue weighted by Gasteiger charge is 2.21. The molecule has 3 aromatic heterocycles. The standard InChI is InChI=1S/C18H14ClN3O4S2.C13H11ClN2O5S2.C8H9NO2.C4H4ClNO2S2.CH4S.CH4/c19-15-10-11-16(27-15)28(25,26)22-18(24)21-14-8-6-12(7-9-14)17(23)20-13-4-2-1-3-5-13;1-21-12(17)8-2-4-9(5-3-8)15-13(18)16-23(19,20)11-7-6-10(14)22-11;1-11-8(10)6-2-4-7(9)5-3-6;5-3-1-2-4(9-3)10(6,7)8;1-2;/h1-11H,(H,20,23)(H2,21,22,24);2-7H,1H3,(H2,15,16,18);2-5H,9H2,1H3;1-2H,(H2,6,7,8);2H,1H3;1H4/i/hD. The number of carbonyl (C=O) groups excluding carboxylic acids is 5. The number of thiophene rings is 3. The van der Waals surface area contributed by atoms with Crippen LogP contribution in [0.3, 0.4) is 0 Å². The number of sulfonamides is 3. The van der Waals surface area contributed by atoms with Crippen molar-refractivity contribution >= 4 is 164 Å². The molecular formula is C45H46Cl3N7O13S7. The number of amides is 5. The summed E-state index contributed by atoms with van der Waals surface area (Å²) in [5.74, 6) is -1.16. The third-order valence-electron chi connectivity index (χ3n) is 8.24. The van der Waals surface area contributed by atoms with Crippen molar-refractivity contribution in [2.24, 2.45) is 5.14 Å². The fourth-order valence-corrected chi connectivity index (χ4v) is 11.7. The van der Waals surface area contributed by atoms with Crippen molar-refractivity contribution in [3.63, 3.8) is 0 Å². The summed E-state index contributed by atoms with van der Waals surface area (Å²) in [6.07, 6.45) is 1.71. The average Bonchev–Trinajstić information content (AvgIpc) is 4.14. The zero-order valence-electron chi connectivity index (χ0n) is 39.2. The lowest BCUT2D eigenvalue weighted by Crippen LogP contribution is -2.33. The first kappa shape index (κ1) is 63.1. The number of benzene rings is 4. The molecule has 9 N–H and O–H groups in total. The highest BCUT2D eigenvalue weighted by atomic mass is 35.5. The Morgan fingerprint density at radius 3 is 1.17 bits per heavy atom. The molecule has 7 rings (SSSR count). The van der Waals surface area contributed by atoms with Crippen molar-refractivity contribution in [2.75, 3.05) is 42.2 Å². The topological polar surface area (TPSA) is 318 Å². The molecule has 0 bridgehead atoms. The maximum atomic E-state index is 12.2. The number of ether oxygens (including phenoxy) is 2. The highest BCUT2D eigenvalue weighted by molar-refractivity contribution is 7.92. The minimum absolute atomic E-state index is 0. The lowest BCUT2D eigenvalue weighted by molar-refractivity contribution is 0.0592. The first-order valence-corrected chi connectivity index (χ1v) is 28.8. The number of halogens is 3. The third-order valence-corrected chi connectivity index (χ3v) is 17.0. The fourth-order valence-electron chi connectivity index (χ4n) is 4.97. The van der Waals surface area contributed by atoms with Crippen molar-refractivity contribution in [2.45, 2.75) is 20.1 Å². The number of nitrogens with one attached hydrogen (secondary N) is 5. The van der Waals surface area contributed by atoms with Gasteiger partial charge in [0, 0.05) is 28.3 Å². The van der Waals surface area contributed by atoms with Crippen molar-refractivity contribution in [3.8, 4) is 0 Å². The van der Waals surface area contributed by atoms with Gasteiger partial charge in [-0.05, 0) is 128 Å². The number of esters is 2. The van der Waals surface area contributed by atoms with E-state index in [0.717, 1.165) is 46.5 Å². The number of para-hydroxylation sites is 1. The van der Waals surface area contributed by atoms with Crippen molar-refractivity contribution in [3.05, 3.63) is 169 Å². The number of hydrogen-bond acceptors (Lipinski definition) is 18. The van der Waals surface area contributed by atoms with Gasteiger partial charge >= 0.3 is 24.0 Å². The Morgan fingerprint density at radius 2 is 0.853 bits per heavy atom. The highest BCUT2D eigenvalue weighted by Crippen LogP contribution is 2.27. The molecule has 0 aliphatic carbocycles. The molecule has 0 radical (unpaired) electrons. The van der Waals surface area contributed by atoms with Gasteiger partial charge < -0.3 is 31.2 Å². The zero-order chi connectivity index (χ0) is 55.9. The van der Waals surface area contributed by atoms with E-state index in [1.807, 2.05) is 15.5 Å². The molecule has 0 aliphatic rings. The minimum Gasteiger partial charge on any atom is -0.465 e. The molecule has 20 nitrogen and oxygen atoms in total. The maximum Gasteiger partial charge on any atom is 0.337 e. The van der Waals surface area contributed by atoms with Crippen molar-refractivity contribution in [1.29, 1.82) is 1.12 Å². The van der Waals surface area contributed by atoms with Gasteiger partial charge in [-0.25, -0.2) is 59.0 Å². The molecule has 0 fully saturated rings. The summed E-state index contributed by atoms with van der Waals surface area (Å²) in [6.45, 7) is 0. The first-order valence-electron chi connectivity index (χ1n) is 20.3. The van der Waals surface area contributed by atoms with E-state index in [-0.39, 0.29) is 31.9 Å². The Hall–Kier alpha value is -6.24. The van der Waals surface area contributed by atoms with Gasteiger partial charge in [0.25, 0.3) is 26.0 Å². The van der Waals surface area contributed by atoms with E-state index in [2.05, 4.69) is 25.4 Å². The molecule has 7 aromatic rings. The third kappa shape index (κ3) is 22.2. The molecule has 0 saturated carbocycles. The minimum atomic E-state index is -4.01. The maximum absolute atomic E-state index is 12.2. The Labute approximate surface area is 466 Å². The molecule has 4 aromatic carbocycles. The van der Waals surface area contributed by atoms with Crippen LogP contribution in [-0.2, 0) is 39.5 Å². The van der Waals surface area contributed by atoms with E-state index in [9.17, 15) is 49.2 Å². The van der Waals surface area contributed by atoms with E-state index in [1.165, 1.54) is 99.1 Å². The molecule has 75 heavy (non-hydrogen) atoms. The van der Waals surface area contributed by atoms with Crippen LogP contribution in [0.1, 0.15) is 38.5 Å². The van der Waals surface area contributed by atoms with E-state index in [4.69, 9.17) is 46.8 Å². The number of nitrogen functional groups attached to an aromatic ring is 1. The van der Waals surface area contributed by atoms with Gasteiger partial charge in [-0.2, -0.15) is 12.5 Å². The Bertz CT molecular complexity index is 3370. The number of primary sulfonamides is 1. The van der Waals surface area contributed by atoms with Crippen LogP contribution in [-0.4, -0.2) is 76.8 Å². The predicted molar refractivity (Wildman–Crippen MR) is 300 cm³/mol. The van der Waals surface area contributed by atoms with Crippen LogP contribution in [0.4, 0.5) is 32.3 Å². The quantitative estimate of drug-likeness (QED) is 0.0339. The molecular weight excluding hydrogens is 1180 g/mol. The van der Waals surface area contributed by atoms with Gasteiger partial charge in [-0.15, -0.1) is 34.0 Å². The average molecular weight is 1220 g/mol. The van der Waals surface area contributed by atoms with Gasteiger partial charge in [0.05, 0.1) is 38.4 Å². The lowest BCUT2D eigenvalue weighted by atomic mass is 10.2. The van der Waals surface area contributed by atoms with Crippen LogP contribution in [0, 0.1) is 0 Å². The van der Waals surface area contributed by atoms with Crippen molar-refractivity contribution < 1.29 is 58.7 Å². The monoisotopic (exact) mass is 1220 g/mol. The number of rotatable bonds is 11. The number of anilines is 4. The Morgan fingerprint density at radius 1 is 0.520 bits per heavy atom. The van der Waals surface area contributed by atoms with Gasteiger partial charge in [0.15, 0.2) is 0 Å². The summed E-state index contributed by atoms with van der Waals surface area (Å²) < 4.78 is 89.1. The largest absolute Gasteiger partial charge is 0.465 e. The second-order valence-corrected chi connectivity index (χ2v) is 24.2. The summed E-state index contributed by atoms with van der Waals surface area (Å²) in [6, 6.07) is 33.8. The van der Waals surface area contributed by atoms with Crippen LogP contribution >= 0.6 is 81.3 Å². The number of methoxy groups -OCH3 is 2. The SMILES string of the molecule is C.COC(=O)c1ccc(N)cc1.COC(=O)c1ccc(NC(=O)NS(=O)(=O)c2ccc(Cl)s2)cc1.NS(=O)(=O)c1ccc(Cl)s1.O=C(Nc1ccc(C(=O)Nc2ccccc2)cc1)NS(=O)(=O)c1ccc(Cl)s1.[2H]SC. The molecule has 30 heteroatoms. The molecule has 0 saturated heterocycles. The molecule has 0 atom stereocenters. The number of nitrogens with two attached hydrogens (primary N) is 2. The molecule has 0 unspecified atom stereocenters. The van der Waals surface area contributed by atoms with Gasteiger partial charge in [0.2, 0.25) is 10.0 Å². The molecule has 0 spiro atoms. The number of thiol groups is 1. The Kier molecular flexibility index (Phi) is 26.0. The number of urea groups is 2. The van der Waals surface area contributed by atoms with E-state index < -0.39 is 48.1 Å². The van der Waals surface area contributed by atoms with Gasteiger partial charge in [-0.1, -0.05) is 60.4 Å². The molecule has 402 valence electrons. The second-order valence-electron chi connectivity index (χ2n) is 13.4. The fraction of sp³-hybridized carbons (Fsp3) is 0.0889. The smallest absolute Gasteiger partial charge is 0.337 e. The van der Waals surface area contributed by atoms with E-state index in [0.29, 0.717) is 52.4 Å². The first-order chi connectivity index (χ1) is 35.3. The normalized spacial score (nSPS) is 10.6. The molecule has 3 heterocycles. The summed E-state index contributed by atoms with van der Waals surface area (Å²) in [5.41, 5.74) is 8.56. The summed E-state index contributed by atoms with van der Waals surface area (Å²) in [5, 5.41) is 12.3. The summed E-state index contributed by atoms with van der Waals surface area (Å²) in [7, 11) is -8.94. The van der Waals surface area contributed by atoms with E-state index >= 15 is 0 Å². The summed E-state index contributed by atoms with van der Waals surface area (Å²) >= 11 is 20.5. The Balaban J connectivity index is 0.000000366. The van der Waals surface area contributed by atoms with Gasteiger partial charge in [0.1, 0.15) is 13.8 Å². The van der Waals surface area contributed by atoms with Crippen molar-refractivity contribution in [1.82, 2.24) is 9.44 Å². The molecule has 5 amide bonds. The summed E-state index contributed by atoms with van der Waals surface area (Å²) in [4.78, 5) is 58.1. The second kappa shape index (κ2) is 31.0. The number of hydrogen-bond donors (Lipinski definition) is 8. The van der Waals surface area contributed by atoms with Crippen LogP contribution in [0.5, 0.6) is 0 Å². The van der Waals surface area contributed by atoms with Crippen LogP contribution in [0.15, 0.2) is 152 Å². The lowest BCUT2D eigenvalue weighted by Gasteiger charge is -2.09. The van der Waals surface area contributed by atoms with Crippen LogP contribution in [0.25, 0.3) is 0 Å².